The first-order valence-electron chi connectivity index (χ1n) is 8.83. The molecule has 1 fully saturated rings. The predicted molar refractivity (Wildman–Crippen MR) is 107 cm³/mol. The second kappa shape index (κ2) is 10.7. The van der Waals surface area contributed by atoms with Crippen molar-refractivity contribution >= 4 is 29.5 Å². The van der Waals surface area contributed by atoms with Crippen molar-refractivity contribution in [3.8, 4) is 0 Å². The average Bonchev–Trinajstić information content (AvgIpc) is 2.64. The molecule has 1 aromatic rings. The maximum Gasteiger partial charge on any atom is 0.230 e. The number of hydrogen-bond acceptors (Lipinski definition) is 5. The summed E-state index contributed by atoms with van der Waals surface area (Å²) in [5.74, 6) is -0.170. The van der Waals surface area contributed by atoms with E-state index in [1.54, 1.807) is 6.08 Å². The van der Waals surface area contributed by atoms with Gasteiger partial charge >= 0.3 is 0 Å². The Morgan fingerprint density at radius 1 is 1.26 bits per heavy atom. The molecule has 0 bridgehead atoms. The van der Waals surface area contributed by atoms with Crippen molar-refractivity contribution in [3.05, 3.63) is 48.0 Å². The summed E-state index contributed by atoms with van der Waals surface area (Å²) in [6, 6.07) is 7.71. The van der Waals surface area contributed by atoms with Gasteiger partial charge in [-0.05, 0) is 12.5 Å². The van der Waals surface area contributed by atoms with Crippen molar-refractivity contribution in [2.45, 2.75) is 37.8 Å². The minimum Gasteiger partial charge on any atom is -0.353 e. The molecular weight excluding hydrogens is 364 g/mol. The summed E-state index contributed by atoms with van der Waals surface area (Å²) < 4.78 is 0. The van der Waals surface area contributed by atoms with Crippen LogP contribution in [-0.4, -0.2) is 41.6 Å². The Hall–Kier alpha value is -2.32. The first-order valence-corrected chi connectivity index (χ1v) is 9.88. The topological polar surface area (TPSA) is 99.3 Å². The molecule has 1 saturated heterocycles. The summed E-state index contributed by atoms with van der Waals surface area (Å²) in [5.41, 5.74) is 1.81. The van der Waals surface area contributed by atoms with Crippen molar-refractivity contribution in [2.75, 3.05) is 12.3 Å². The molecule has 3 amide bonds. The fourth-order valence-corrected chi connectivity index (χ4v) is 3.49. The molecule has 0 radical (unpaired) electrons. The van der Waals surface area contributed by atoms with E-state index in [-0.39, 0.29) is 42.4 Å². The summed E-state index contributed by atoms with van der Waals surface area (Å²) >= 11 is 1.29. The van der Waals surface area contributed by atoms with Gasteiger partial charge in [0, 0.05) is 32.0 Å². The second-order valence-corrected chi connectivity index (χ2v) is 7.48. The standard InChI is InChI=1S/C19H26N4O3S/c1-3-8-20-16(24)9-15-10-17(25)23-19(22-15)27-12-18(26)21-11-14-6-4-13(2)5-7-14/h3-7,15,19,22H,1,8-12H2,2H3,(H,20,24)(H,21,26)(H,23,25). The zero-order valence-corrected chi connectivity index (χ0v) is 16.2. The first-order chi connectivity index (χ1) is 13.0. The summed E-state index contributed by atoms with van der Waals surface area (Å²) in [5, 5.41) is 11.5. The van der Waals surface area contributed by atoms with Crippen molar-refractivity contribution < 1.29 is 14.4 Å². The molecule has 146 valence electrons. The molecule has 1 aromatic carbocycles. The monoisotopic (exact) mass is 390 g/mol. The van der Waals surface area contributed by atoms with E-state index in [4.69, 9.17) is 0 Å². The van der Waals surface area contributed by atoms with E-state index in [2.05, 4.69) is 27.8 Å². The van der Waals surface area contributed by atoms with E-state index in [0.717, 1.165) is 5.56 Å². The van der Waals surface area contributed by atoms with Gasteiger partial charge in [0.1, 0.15) is 5.50 Å². The van der Waals surface area contributed by atoms with Gasteiger partial charge in [0.15, 0.2) is 0 Å². The van der Waals surface area contributed by atoms with Crippen LogP contribution in [0.25, 0.3) is 0 Å². The fraction of sp³-hybridized carbons (Fsp3) is 0.421. The van der Waals surface area contributed by atoms with Gasteiger partial charge in [-0.25, -0.2) is 0 Å². The summed E-state index contributed by atoms with van der Waals surface area (Å²) in [6.07, 6.45) is 2.04. The number of nitrogens with one attached hydrogen (secondary N) is 4. The third kappa shape index (κ3) is 7.84. The lowest BCUT2D eigenvalue weighted by Gasteiger charge is -2.30. The Morgan fingerprint density at radius 3 is 2.70 bits per heavy atom. The van der Waals surface area contributed by atoms with Crippen molar-refractivity contribution in [1.29, 1.82) is 0 Å². The number of amides is 3. The number of rotatable bonds is 9. The second-order valence-electron chi connectivity index (χ2n) is 6.39. The molecule has 2 atom stereocenters. The SMILES string of the molecule is C=CCNC(=O)CC1CC(=O)NC(SCC(=O)NCc2ccc(C)cc2)N1. The molecular formula is C19H26N4O3S. The highest BCUT2D eigenvalue weighted by Gasteiger charge is 2.27. The number of carbonyl (C=O) groups is 3. The van der Waals surface area contributed by atoms with E-state index < -0.39 is 5.50 Å². The van der Waals surface area contributed by atoms with E-state index in [9.17, 15) is 14.4 Å². The van der Waals surface area contributed by atoms with Crippen LogP contribution < -0.4 is 21.3 Å². The highest BCUT2D eigenvalue weighted by atomic mass is 32.2. The van der Waals surface area contributed by atoms with Crippen LogP contribution in [0.3, 0.4) is 0 Å². The Balaban J connectivity index is 1.72. The highest BCUT2D eigenvalue weighted by molar-refractivity contribution is 8.00. The van der Waals surface area contributed by atoms with Crippen LogP contribution in [0.15, 0.2) is 36.9 Å². The summed E-state index contributed by atoms with van der Waals surface area (Å²) in [4.78, 5) is 35.7. The number of thioether (sulfide) groups is 1. The molecule has 0 aliphatic carbocycles. The van der Waals surface area contributed by atoms with Crippen LogP contribution in [0, 0.1) is 6.92 Å². The Morgan fingerprint density at radius 2 is 2.00 bits per heavy atom. The van der Waals surface area contributed by atoms with E-state index in [1.807, 2.05) is 31.2 Å². The molecule has 2 rings (SSSR count). The first kappa shape index (κ1) is 21.0. The number of aryl methyl sites for hydroxylation is 1. The van der Waals surface area contributed by atoms with E-state index in [0.29, 0.717) is 13.1 Å². The average molecular weight is 391 g/mol. The van der Waals surface area contributed by atoms with E-state index >= 15 is 0 Å². The molecule has 0 spiro atoms. The Kier molecular flexibility index (Phi) is 8.35. The van der Waals surface area contributed by atoms with Gasteiger partial charge < -0.3 is 16.0 Å². The normalized spacial score (nSPS) is 19.1. The number of hydrogen-bond donors (Lipinski definition) is 4. The quantitative estimate of drug-likeness (QED) is 0.468. The molecule has 0 saturated carbocycles. The Bertz CT molecular complexity index is 678. The third-order valence-electron chi connectivity index (χ3n) is 3.98. The molecule has 27 heavy (non-hydrogen) atoms. The maximum atomic E-state index is 12.0. The van der Waals surface area contributed by atoms with Gasteiger partial charge in [0.2, 0.25) is 17.7 Å². The van der Waals surface area contributed by atoms with Gasteiger partial charge in [-0.15, -0.1) is 18.3 Å². The lowest BCUT2D eigenvalue weighted by atomic mass is 10.1. The fourth-order valence-electron chi connectivity index (χ4n) is 2.56. The highest BCUT2D eigenvalue weighted by Crippen LogP contribution is 2.14. The van der Waals surface area contributed by atoms with E-state index in [1.165, 1.54) is 17.3 Å². The predicted octanol–water partition coefficient (Wildman–Crippen LogP) is 0.798. The minimum atomic E-state index is -0.395. The molecule has 1 heterocycles. The number of carbonyl (C=O) groups excluding carboxylic acids is 3. The summed E-state index contributed by atoms with van der Waals surface area (Å²) in [7, 11) is 0. The molecule has 0 aromatic heterocycles. The molecule has 1 aliphatic heterocycles. The smallest absolute Gasteiger partial charge is 0.230 e. The molecule has 8 heteroatoms. The largest absolute Gasteiger partial charge is 0.353 e. The van der Waals surface area contributed by atoms with Crippen molar-refractivity contribution in [3.63, 3.8) is 0 Å². The van der Waals surface area contributed by atoms with Crippen LogP contribution in [-0.2, 0) is 20.9 Å². The van der Waals surface area contributed by atoms with Gasteiger partial charge in [0.05, 0.1) is 5.75 Å². The summed E-state index contributed by atoms with van der Waals surface area (Å²) in [6.45, 7) is 6.43. The molecule has 7 nitrogen and oxygen atoms in total. The molecule has 4 N–H and O–H groups in total. The Labute approximate surface area is 163 Å². The van der Waals surface area contributed by atoms with Crippen molar-refractivity contribution in [1.82, 2.24) is 21.3 Å². The van der Waals surface area contributed by atoms with Crippen molar-refractivity contribution in [2.24, 2.45) is 0 Å². The lowest BCUT2D eigenvalue weighted by molar-refractivity contribution is -0.125. The van der Waals surface area contributed by atoms with Crippen LogP contribution in [0.5, 0.6) is 0 Å². The molecule has 2 unspecified atom stereocenters. The van der Waals surface area contributed by atoms with Crippen LogP contribution in [0.1, 0.15) is 24.0 Å². The van der Waals surface area contributed by atoms with Crippen LogP contribution in [0.4, 0.5) is 0 Å². The maximum absolute atomic E-state index is 12.0. The van der Waals surface area contributed by atoms with Gasteiger partial charge in [-0.3, -0.25) is 19.7 Å². The minimum absolute atomic E-state index is 0.109. The van der Waals surface area contributed by atoms with Crippen LogP contribution in [0.2, 0.25) is 0 Å². The van der Waals surface area contributed by atoms with Gasteiger partial charge in [-0.1, -0.05) is 35.9 Å². The number of benzene rings is 1. The van der Waals surface area contributed by atoms with Gasteiger partial charge in [-0.2, -0.15) is 0 Å². The van der Waals surface area contributed by atoms with Gasteiger partial charge in [0.25, 0.3) is 0 Å². The van der Waals surface area contributed by atoms with Crippen LogP contribution >= 0.6 is 11.8 Å². The molecule has 1 aliphatic rings. The third-order valence-corrected chi connectivity index (χ3v) is 4.99. The zero-order chi connectivity index (χ0) is 19.6. The lowest BCUT2D eigenvalue weighted by Crippen LogP contribution is -2.56. The zero-order valence-electron chi connectivity index (χ0n) is 15.4.